The second kappa shape index (κ2) is 9.44. The van der Waals surface area contributed by atoms with Crippen LogP contribution in [0.2, 0.25) is 5.02 Å². The Bertz CT molecular complexity index is 1380. The highest BCUT2D eigenvalue weighted by atomic mass is 35.5. The Morgan fingerprint density at radius 1 is 1.03 bits per heavy atom. The average molecular weight is 480 g/mol. The minimum Gasteiger partial charge on any atom is -0.496 e. The van der Waals surface area contributed by atoms with Crippen molar-refractivity contribution in [1.82, 2.24) is 14.7 Å². The molecule has 34 heavy (non-hydrogen) atoms. The maximum Gasteiger partial charge on any atom is 0.405 e. The summed E-state index contributed by atoms with van der Waals surface area (Å²) in [6.07, 6.45) is 2.55. The molecule has 8 nitrogen and oxygen atoms in total. The molecule has 1 atom stereocenters. The fourth-order valence-corrected chi connectivity index (χ4v) is 3.92. The van der Waals surface area contributed by atoms with Crippen LogP contribution in [0, 0.1) is 0 Å². The summed E-state index contributed by atoms with van der Waals surface area (Å²) in [7, 11) is 3.12. The molecule has 2 aromatic carbocycles. The van der Waals surface area contributed by atoms with Crippen LogP contribution in [0.5, 0.6) is 11.5 Å². The molecule has 0 saturated heterocycles. The molecule has 2 heterocycles. The number of carbonyl (C=O) groups is 2. The minimum atomic E-state index is -1.24. The predicted molar refractivity (Wildman–Crippen MR) is 129 cm³/mol. The van der Waals surface area contributed by atoms with Gasteiger partial charge in [0.15, 0.2) is 5.78 Å². The van der Waals surface area contributed by atoms with Crippen molar-refractivity contribution in [2.45, 2.75) is 13.0 Å². The molecule has 2 N–H and O–H groups in total. The number of carboxylic acid groups (broad SMARTS) is 1. The lowest BCUT2D eigenvalue weighted by Gasteiger charge is -2.10. The first-order valence-electron chi connectivity index (χ1n) is 10.4. The molecule has 9 heteroatoms. The summed E-state index contributed by atoms with van der Waals surface area (Å²) in [6.45, 7) is 1.51. The summed E-state index contributed by atoms with van der Waals surface area (Å²) in [5, 5.41) is 11.4. The van der Waals surface area contributed by atoms with Gasteiger partial charge in [0.25, 0.3) is 0 Å². The standard InChI is InChI=1S/C25H22ClN3O5/c1-14(27-25(31)32)24(30)16-6-4-15(5-7-16)17-8-9-29-13-20(28-23(29)10-17)18-11-19(26)22(34-3)12-21(18)33-2/h4-14,27H,1-3H3,(H,31,32). The van der Waals surface area contributed by atoms with Crippen molar-refractivity contribution in [1.29, 1.82) is 0 Å². The lowest BCUT2D eigenvalue weighted by molar-refractivity contribution is 0.0945. The first kappa shape index (κ1) is 23.1. The maximum atomic E-state index is 12.4. The van der Waals surface area contributed by atoms with Crippen molar-refractivity contribution in [3.8, 4) is 33.9 Å². The van der Waals surface area contributed by atoms with Gasteiger partial charge in [0.2, 0.25) is 0 Å². The molecule has 1 amide bonds. The molecule has 0 aliphatic rings. The van der Waals surface area contributed by atoms with E-state index >= 15 is 0 Å². The number of halogens is 1. The highest BCUT2D eigenvalue weighted by molar-refractivity contribution is 6.32. The smallest absolute Gasteiger partial charge is 0.405 e. The quantitative estimate of drug-likeness (QED) is 0.354. The number of benzene rings is 2. The molecule has 1 unspecified atom stereocenters. The monoisotopic (exact) mass is 479 g/mol. The van der Waals surface area contributed by atoms with Gasteiger partial charge in [0.05, 0.1) is 31.0 Å². The van der Waals surface area contributed by atoms with Gasteiger partial charge in [-0.3, -0.25) is 4.79 Å². The van der Waals surface area contributed by atoms with E-state index in [2.05, 4.69) is 5.32 Å². The number of fused-ring (bicyclic) bond motifs is 1. The van der Waals surface area contributed by atoms with Gasteiger partial charge in [0, 0.05) is 29.6 Å². The molecule has 0 fully saturated rings. The average Bonchev–Trinajstić information content (AvgIpc) is 3.26. The van der Waals surface area contributed by atoms with Gasteiger partial charge in [-0.15, -0.1) is 0 Å². The SMILES string of the molecule is COc1cc(OC)c(-c2cn3ccc(-c4ccc(C(=O)C(C)NC(=O)O)cc4)cc3n2)cc1Cl. The number of amides is 1. The van der Waals surface area contributed by atoms with Crippen molar-refractivity contribution < 1.29 is 24.2 Å². The lowest BCUT2D eigenvalue weighted by Crippen LogP contribution is -2.37. The number of methoxy groups -OCH3 is 2. The fourth-order valence-electron chi connectivity index (χ4n) is 3.68. The number of ketones is 1. The zero-order valence-electron chi connectivity index (χ0n) is 18.7. The second-order valence-electron chi connectivity index (χ2n) is 7.61. The number of nitrogens with one attached hydrogen (secondary N) is 1. The van der Waals surface area contributed by atoms with E-state index < -0.39 is 12.1 Å². The molecular weight excluding hydrogens is 458 g/mol. The van der Waals surface area contributed by atoms with Crippen LogP contribution in [0.15, 0.2) is 60.9 Å². The Balaban J connectivity index is 1.64. The molecular formula is C25H22ClN3O5. The number of pyridine rings is 1. The number of ether oxygens (including phenoxy) is 2. The third-order valence-corrected chi connectivity index (χ3v) is 5.74. The third-order valence-electron chi connectivity index (χ3n) is 5.45. The Kier molecular flexibility index (Phi) is 6.43. The first-order chi connectivity index (χ1) is 16.3. The van der Waals surface area contributed by atoms with E-state index in [1.165, 1.54) is 6.92 Å². The van der Waals surface area contributed by atoms with Gasteiger partial charge in [-0.2, -0.15) is 0 Å². The van der Waals surface area contributed by atoms with E-state index in [-0.39, 0.29) is 5.78 Å². The Morgan fingerprint density at radius 3 is 2.38 bits per heavy atom. The van der Waals surface area contributed by atoms with Crippen molar-refractivity contribution in [3.63, 3.8) is 0 Å². The maximum absolute atomic E-state index is 12.4. The molecule has 0 aliphatic heterocycles. The molecule has 0 saturated carbocycles. The number of hydrogen-bond acceptors (Lipinski definition) is 5. The van der Waals surface area contributed by atoms with E-state index in [0.29, 0.717) is 27.8 Å². The van der Waals surface area contributed by atoms with Gasteiger partial charge in [0.1, 0.15) is 17.1 Å². The number of aromatic nitrogens is 2. The highest BCUT2D eigenvalue weighted by Gasteiger charge is 2.17. The summed E-state index contributed by atoms with van der Waals surface area (Å²) in [6, 6.07) is 13.6. The van der Waals surface area contributed by atoms with Gasteiger partial charge in [-0.1, -0.05) is 35.9 Å². The highest BCUT2D eigenvalue weighted by Crippen LogP contribution is 2.38. The largest absolute Gasteiger partial charge is 0.496 e. The van der Waals surface area contributed by atoms with Crippen LogP contribution in [0.25, 0.3) is 28.0 Å². The van der Waals surface area contributed by atoms with E-state index in [9.17, 15) is 9.59 Å². The zero-order chi connectivity index (χ0) is 24.4. The molecule has 0 spiro atoms. The van der Waals surface area contributed by atoms with E-state index in [0.717, 1.165) is 22.3 Å². The number of rotatable bonds is 7. The molecule has 174 valence electrons. The molecule has 4 aromatic rings. The number of Topliss-reactive ketones (excluding diaryl/α,β-unsaturated/α-hetero) is 1. The predicted octanol–water partition coefficient (Wildman–Crippen LogP) is 5.18. The van der Waals surface area contributed by atoms with E-state index in [1.807, 2.05) is 41.1 Å². The minimum absolute atomic E-state index is 0.297. The van der Waals surface area contributed by atoms with Crippen LogP contribution in [0.3, 0.4) is 0 Å². The summed E-state index contributed by atoms with van der Waals surface area (Å²) in [5.41, 5.74) is 4.40. The number of imidazole rings is 1. The van der Waals surface area contributed by atoms with Crippen LogP contribution in [0.1, 0.15) is 17.3 Å². The number of hydrogen-bond donors (Lipinski definition) is 2. The zero-order valence-corrected chi connectivity index (χ0v) is 19.5. The molecule has 0 aliphatic carbocycles. The van der Waals surface area contributed by atoms with Crippen LogP contribution >= 0.6 is 11.6 Å². The number of nitrogens with zero attached hydrogens (tertiary/aromatic N) is 2. The van der Waals surface area contributed by atoms with E-state index in [1.54, 1.807) is 38.5 Å². The topological polar surface area (TPSA) is 102 Å². The Labute approximate surface area is 200 Å². The van der Waals surface area contributed by atoms with Crippen molar-refractivity contribution in [2.75, 3.05) is 14.2 Å². The molecule has 0 radical (unpaired) electrons. The molecule has 0 bridgehead atoms. The number of carbonyl (C=O) groups excluding carboxylic acids is 1. The van der Waals surface area contributed by atoms with Gasteiger partial charge < -0.3 is 24.3 Å². The summed E-state index contributed by atoms with van der Waals surface area (Å²) in [5.74, 6) is 0.814. The van der Waals surface area contributed by atoms with Crippen LogP contribution in [-0.2, 0) is 0 Å². The summed E-state index contributed by atoms with van der Waals surface area (Å²) >= 11 is 6.32. The lowest BCUT2D eigenvalue weighted by atomic mass is 10.0. The van der Waals surface area contributed by atoms with Gasteiger partial charge >= 0.3 is 6.09 Å². The van der Waals surface area contributed by atoms with Crippen molar-refractivity contribution in [2.24, 2.45) is 0 Å². The van der Waals surface area contributed by atoms with Crippen LogP contribution in [0.4, 0.5) is 4.79 Å². The second-order valence-corrected chi connectivity index (χ2v) is 8.01. The fraction of sp³-hybridized carbons (Fsp3) is 0.160. The van der Waals surface area contributed by atoms with Gasteiger partial charge in [-0.05, 0) is 36.2 Å². The van der Waals surface area contributed by atoms with Crippen LogP contribution in [-0.4, -0.2) is 46.6 Å². The van der Waals surface area contributed by atoms with Crippen molar-refractivity contribution >= 4 is 29.1 Å². The van der Waals surface area contributed by atoms with Crippen molar-refractivity contribution in [3.05, 3.63) is 71.5 Å². The summed E-state index contributed by atoms with van der Waals surface area (Å²) in [4.78, 5) is 27.9. The Hall–Kier alpha value is -4.04. The first-order valence-corrected chi connectivity index (χ1v) is 10.7. The van der Waals surface area contributed by atoms with Gasteiger partial charge in [-0.25, -0.2) is 9.78 Å². The molecule has 4 rings (SSSR count). The normalized spacial score (nSPS) is 11.8. The summed E-state index contributed by atoms with van der Waals surface area (Å²) < 4.78 is 12.7. The van der Waals surface area contributed by atoms with Crippen LogP contribution < -0.4 is 14.8 Å². The third kappa shape index (κ3) is 4.53. The Morgan fingerprint density at radius 2 is 1.74 bits per heavy atom. The van der Waals surface area contributed by atoms with E-state index in [4.69, 9.17) is 31.2 Å². The molecule has 2 aromatic heterocycles.